The van der Waals surface area contributed by atoms with Gasteiger partial charge in [-0.3, -0.25) is 9.58 Å². The summed E-state index contributed by atoms with van der Waals surface area (Å²) in [6.45, 7) is 8.68. The number of aliphatic hydroxyl groups is 1. The zero-order valence-electron chi connectivity index (χ0n) is 11.1. The maximum atomic E-state index is 10.1. The molecule has 1 aliphatic heterocycles. The van der Waals surface area contributed by atoms with Crippen molar-refractivity contribution in [3.63, 3.8) is 0 Å². The SMILES string of the molecule is Cn1nnc2c1CCN(CC(O)C(C)(C)C)C2. The summed E-state index contributed by atoms with van der Waals surface area (Å²) in [5.74, 6) is 0. The van der Waals surface area contributed by atoms with Crippen LogP contribution in [0.15, 0.2) is 0 Å². The molecule has 2 rings (SSSR count). The summed E-state index contributed by atoms with van der Waals surface area (Å²) in [5, 5.41) is 18.3. The zero-order chi connectivity index (χ0) is 12.6. The third kappa shape index (κ3) is 2.66. The van der Waals surface area contributed by atoms with Gasteiger partial charge in [0, 0.05) is 33.1 Å². The standard InChI is InChI=1S/C12H22N4O/c1-12(2,3)11(17)8-16-6-5-10-9(7-16)13-14-15(10)4/h11,17H,5-8H2,1-4H3. The molecule has 1 aromatic rings. The minimum atomic E-state index is -0.305. The normalized spacial score (nSPS) is 19.1. The average Bonchev–Trinajstić information content (AvgIpc) is 2.59. The van der Waals surface area contributed by atoms with Crippen LogP contribution in [0.25, 0.3) is 0 Å². The number of fused-ring (bicyclic) bond motifs is 1. The number of β-amino-alcohol motifs (C(OH)–C–C–N with tert-alkyl or cyclic N) is 1. The molecule has 5 nitrogen and oxygen atoms in total. The van der Waals surface area contributed by atoms with Crippen LogP contribution in [0.1, 0.15) is 32.2 Å². The zero-order valence-corrected chi connectivity index (χ0v) is 11.1. The van der Waals surface area contributed by atoms with E-state index >= 15 is 0 Å². The van der Waals surface area contributed by atoms with E-state index in [-0.39, 0.29) is 11.5 Å². The van der Waals surface area contributed by atoms with Crippen LogP contribution in [0.3, 0.4) is 0 Å². The van der Waals surface area contributed by atoms with E-state index in [0.29, 0.717) is 6.54 Å². The Bertz CT molecular complexity index is 394. The summed E-state index contributed by atoms with van der Waals surface area (Å²) >= 11 is 0. The Hall–Kier alpha value is -0.940. The molecule has 0 aliphatic carbocycles. The fraction of sp³-hybridized carbons (Fsp3) is 0.833. The molecular weight excluding hydrogens is 216 g/mol. The van der Waals surface area contributed by atoms with Gasteiger partial charge >= 0.3 is 0 Å². The lowest BCUT2D eigenvalue weighted by Crippen LogP contribution is -2.42. The van der Waals surface area contributed by atoms with Gasteiger partial charge in [-0.25, -0.2) is 0 Å². The Morgan fingerprint density at radius 2 is 2.12 bits per heavy atom. The third-order valence-corrected chi connectivity index (χ3v) is 3.49. The topological polar surface area (TPSA) is 54.2 Å². The quantitative estimate of drug-likeness (QED) is 0.819. The fourth-order valence-electron chi connectivity index (χ4n) is 2.08. The molecule has 5 heteroatoms. The summed E-state index contributed by atoms with van der Waals surface area (Å²) in [6, 6.07) is 0. The van der Waals surface area contributed by atoms with Crippen molar-refractivity contribution in [2.75, 3.05) is 13.1 Å². The first-order valence-corrected chi connectivity index (χ1v) is 6.16. The van der Waals surface area contributed by atoms with Crippen LogP contribution < -0.4 is 0 Å². The molecule has 1 atom stereocenters. The third-order valence-electron chi connectivity index (χ3n) is 3.49. The summed E-state index contributed by atoms with van der Waals surface area (Å²) < 4.78 is 1.85. The second-order valence-corrected chi connectivity index (χ2v) is 5.97. The molecule has 1 aliphatic rings. The van der Waals surface area contributed by atoms with Gasteiger partial charge in [0.1, 0.15) is 0 Å². The highest BCUT2D eigenvalue weighted by molar-refractivity contribution is 5.13. The van der Waals surface area contributed by atoms with Gasteiger partial charge in [-0.1, -0.05) is 26.0 Å². The molecule has 0 fully saturated rings. The Morgan fingerprint density at radius 3 is 2.76 bits per heavy atom. The van der Waals surface area contributed by atoms with Gasteiger partial charge in [0.05, 0.1) is 17.5 Å². The van der Waals surface area contributed by atoms with Crippen LogP contribution in [0.5, 0.6) is 0 Å². The molecular formula is C12H22N4O. The molecule has 2 heterocycles. The highest BCUT2D eigenvalue weighted by Crippen LogP contribution is 2.22. The van der Waals surface area contributed by atoms with E-state index in [0.717, 1.165) is 25.2 Å². The molecule has 1 unspecified atom stereocenters. The number of hydrogen-bond donors (Lipinski definition) is 1. The van der Waals surface area contributed by atoms with Crippen LogP contribution in [0, 0.1) is 5.41 Å². The maximum Gasteiger partial charge on any atom is 0.0999 e. The summed E-state index contributed by atoms with van der Waals surface area (Å²) in [6.07, 6.45) is 0.663. The molecule has 96 valence electrons. The van der Waals surface area contributed by atoms with Crippen LogP contribution in [-0.4, -0.2) is 44.2 Å². The highest BCUT2D eigenvalue weighted by atomic mass is 16.3. The minimum absolute atomic E-state index is 0.0668. The van der Waals surface area contributed by atoms with E-state index in [1.807, 2.05) is 11.7 Å². The van der Waals surface area contributed by atoms with E-state index in [1.54, 1.807) is 0 Å². The Kier molecular flexibility index (Phi) is 3.23. The minimum Gasteiger partial charge on any atom is -0.391 e. The molecule has 1 N–H and O–H groups in total. The summed E-state index contributed by atoms with van der Waals surface area (Å²) in [5.41, 5.74) is 2.22. The van der Waals surface area contributed by atoms with Crippen molar-refractivity contribution in [2.45, 2.75) is 39.8 Å². The van der Waals surface area contributed by atoms with Gasteiger partial charge in [-0.05, 0) is 5.41 Å². The van der Waals surface area contributed by atoms with Gasteiger partial charge in [-0.15, -0.1) is 5.10 Å². The number of aliphatic hydroxyl groups excluding tert-OH is 1. The molecule has 0 aromatic carbocycles. The lowest BCUT2D eigenvalue weighted by molar-refractivity contribution is 0.0242. The number of aryl methyl sites for hydroxylation is 1. The second-order valence-electron chi connectivity index (χ2n) is 5.97. The lowest BCUT2D eigenvalue weighted by Gasteiger charge is -2.33. The van der Waals surface area contributed by atoms with Crippen LogP contribution in [-0.2, 0) is 20.0 Å². The lowest BCUT2D eigenvalue weighted by atomic mass is 9.88. The van der Waals surface area contributed by atoms with Crippen molar-refractivity contribution < 1.29 is 5.11 Å². The molecule has 17 heavy (non-hydrogen) atoms. The highest BCUT2D eigenvalue weighted by Gasteiger charge is 2.27. The fourth-order valence-corrected chi connectivity index (χ4v) is 2.08. The van der Waals surface area contributed by atoms with E-state index in [4.69, 9.17) is 0 Å². The monoisotopic (exact) mass is 238 g/mol. The molecule has 0 spiro atoms. The second kappa shape index (κ2) is 4.38. The molecule has 0 bridgehead atoms. The van der Waals surface area contributed by atoms with Crippen LogP contribution in [0.2, 0.25) is 0 Å². The van der Waals surface area contributed by atoms with E-state index in [1.165, 1.54) is 5.69 Å². The summed E-state index contributed by atoms with van der Waals surface area (Å²) in [4.78, 5) is 2.26. The Morgan fingerprint density at radius 1 is 1.41 bits per heavy atom. The van der Waals surface area contributed by atoms with Gasteiger partial charge in [0.2, 0.25) is 0 Å². The van der Waals surface area contributed by atoms with E-state index in [2.05, 4.69) is 36.0 Å². The number of aromatic nitrogens is 3. The van der Waals surface area contributed by atoms with Crippen molar-refractivity contribution in [2.24, 2.45) is 12.5 Å². The number of rotatable bonds is 2. The Balaban J connectivity index is 1.99. The van der Waals surface area contributed by atoms with Crippen LogP contribution in [0.4, 0.5) is 0 Å². The molecule has 0 saturated carbocycles. The van der Waals surface area contributed by atoms with Crippen molar-refractivity contribution in [3.05, 3.63) is 11.4 Å². The maximum absolute atomic E-state index is 10.1. The predicted octanol–water partition coefficient (Wildman–Crippen LogP) is 0.580. The van der Waals surface area contributed by atoms with Crippen molar-refractivity contribution in [1.82, 2.24) is 19.9 Å². The molecule has 0 amide bonds. The van der Waals surface area contributed by atoms with Crippen molar-refractivity contribution in [3.8, 4) is 0 Å². The smallest absolute Gasteiger partial charge is 0.0999 e. The molecule has 1 aromatic heterocycles. The number of nitrogens with zero attached hydrogens (tertiary/aromatic N) is 4. The van der Waals surface area contributed by atoms with Gasteiger partial charge < -0.3 is 5.11 Å². The molecule has 0 saturated heterocycles. The predicted molar refractivity (Wildman–Crippen MR) is 65.4 cm³/mol. The first-order valence-electron chi connectivity index (χ1n) is 6.16. The van der Waals surface area contributed by atoms with E-state index < -0.39 is 0 Å². The van der Waals surface area contributed by atoms with Crippen molar-refractivity contribution >= 4 is 0 Å². The van der Waals surface area contributed by atoms with E-state index in [9.17, 15) is 5.11 Å². The van der Waals surface area contributed by atoms with Crippen molar-refractivity contribution in [1.29, 1.82) is 0 Å². The average molecular weight is 238 g/mol. The largest absolute Gasteiger partial charge is 0.391 e. The van der Waals surface area contributed by atoms with Gasteiger partial charge in [0.15, 0.2) is 0 Å². The number of hydrogen-bond acceptors (Lipinski definition) is 4. The summed E-state index contributed by atoms with van der Waals surface area (Å²) in [7, 11) is 1.94. The van der Waals surface area contributed by atoms with Gasteiger partial charge in [-0.2, -0.15) is 0 Å². The Labute approximate surface area is 102 Å². The van der Waals surface area contributed by atoms with Crippen LogP contribution >= 0.6 is 0 Å². The first kappa shape index (κ1) is 12.5. The van der Waals surface area contributed by atoms with Gasteiger partial charge in [0.25, 0.3) is 0 Å². The molecule has 0 radical (unpaired) electrons. The first-order chi connectivity index (χ1) is 7.88.